The molecule has 13 atom stereocenters. The van der Waals surface area contributed by atoms with Crippen LogP contribution in [0.4, 0.5) is 13.6 Å². The molecule has 3 rings (SSSR count). The van der Waals surface area contributed by atoms with Gasteiger partial charge in [-0.05, 0) is 86.9 Å². The molecule has 0 saturated carbocycles. The molecule has 3 aliphatic rings. The summed E-state index contributed by atoms with van der Waals surface area (Å²) in [5.74, 6) is -4.14. The lowest BCUT2D eigenvalue weighted by Crippen LogP contribution is -2.62. The number of rotatable bonds is 10. The van der Waals surface area contributed by atoms with Gasteiger partial charge in [0.2, 0.25) is 0 Å². The minimum absolute atomic E-state index is 0.0831. The number of fused-ring (bicyclic) bond motifs is 1. The topological polar surface area (TPSA) is 185 Å². The first-order chi connectivity index (χ1) is 24.1. The quantitative estimate of drug-likeness (QED) is 0.0814. The van der Waals surface area contributed by atoms with Crippen LogP contribution in [-0.4, -0.2) is 145 Å². The first-order valence-corrected chi connectivity index (χ1v) is 18.2. The van der Waals surface area contributed by atoms with Gasteiger partial charge in [-0.3, -0.25) is 9.69 Å². The number of amides is 1. The van der Waals surface area contributed by atoms with E-state index in [9.17, 15) is 19.5 Å². The Balaban J connectivity index is 2.11. The minimum Gasteiger partial charge on any atom is -0.455 e. The highest BCUT2D eigenvalue weighted by atomic mass is 19.1. The number of azide groups is 1. The highest BCUT2D eigenvalue weighted by Crippen LogP contribution is 2.42. The zero-order chi connectivity index (χ0) is 39.4. The summed E-state index contributed by atoms with van der Waals surface area (Å²) in [6, 6.07) is -1.88. The molecule has 0 radical (unpaired) electrons. The van der Waals surface area contributed by atoms with Crippen LogP contribution in [0.5, 0.6) is 0 Å². The fourth-order valence-corrected chi connectivity index (χ4v) is 8.16. The third-order valence-electron chi connectivity index (χ3n) is 11.0. The number of nitrogens with zero attached hydrogens (tertiary/aromatic N) is 5. The van der Waals surface area contributed by atoms with Crippen LogP contribution in [-0.2, 0) is 33.3 Å². The van der Waals surface area contributed by atoms with E-state index in [1.54, 1.807) is 41.8 Å². The van der Waals surface area contributed by atoms with Gasteiger partial charge < -0.3 is 39.0 Å². The second-order valence-corrected chi connectivity index (χ2v) is 15.7. The Labute approximate surface area is 306 Å². The maximum atomic E-state index is 16.9. The Kier molecular flexibility index (Phi) is 14.5. The smallest absolute Gasteiger partial charge is 0.410 e. The summed E-state index contributed by atoms with van der Waals surface area (Å²) in [5.41, 5.74) is 0.176. The second-order valence-electron chi connectivity index (χ2n) is 15.7. The summed E-state index contributed by atoms with van der Waals surface area (Å²) in [6.07, 6.45) is -5.08. The number of unbranched alkanes of at least 4 members (excludes halogenated alkanes) is 1. The average Bonchev–Trinajstić information content (AvgIpc) is 3.33. The molecule has 0 spiro atoms. The maximum Gasteiger partial charge on any atom is 0.410 e. The molecule has 15 nitrogen and oxygen atoms in total. The van der Waals surface area contributed by atoms with Gasteiger partial charge in [-0.2, -0.15) is 0 Å². The standard InChI is InChI=1S/C35H60F2N6O9/c1-12-24-35(8)26(43(31(47)52-35)16-14-13-15-40-41-38)22(4)39-19-32(5,36)18-33(6,48-11)28(21(3)27(45)34(7,37)30(46)50-24)51-29-25(44)23(42(9)10)17-20(2)49-29/h20-26,28-29,39,44H,12-19H2,1-11H3/t20?,21-,22+,23?,24+,25?,26+,28+,29-,32?,33+,34?,35+/m0/s1. The zero-order valence-electron chi connectivity index (χ0n) is 32.6. The van der Waals surface area contributed by atoms with E-state index in [0.29, 0.717) is 19.3 Å². The van der Waals surface area contributed by atoms with Gasteiger partial charge in [0.15, 0.2) is 17.7 Å². The number of methoxy groups -OCH3 is 1. The number of aliphatic hydroxyl groups is 1. The van der Waals surface area contributed by atoms with Gasteiger partial charge in [-0.25, -0.2) is 18.4 Å². The minimum atomic E-state index is -3.23. The zero-order valence-corrected chi connectivity index (χ0v) is 32.6. The van der Waals surface area contributed by atoms with Crippen LogP contribution < -0.4 is 5.32 Å². The number of ether oxygens (including phenoxy) is 5. The SMILES string of the molecule is CC[C@H]1OC(=O)C(C)(F)C(=O)[C@H](C)[C@@H](O[C@@H]2OC(C)CC(N(C)C)C2O)[C@](C)(OC)CC(C)(F)CN[C@H](C)[C@H]2N(CCCCN=[N+]=[N-])C(=O)O[C@]12C. The van der Waals surface area contributed by atoms with E-state index in [1.165, 1.54) is 32.8 Å². The summed E-state index contributed by atoms with van der Waals surface area (Å²) >= 11 is 0. The lowest BCUT2D eigenvalue weighted by Gasteiger charge is -2.47. The molecule has 0 aromatic carbocycles. The van der Waals surface area contributed by atoms with Gasteiger partial charge in [0.05, 0.1) is 23.9 Å². The molecule has 298 valence electrons. The number of carbonyl (C=O) groups is 3. The monoisotopic (exact) mass is 746 g/mol. The molecule has 52 heavy (non-hydrogen) atoms. The lowest BCUT2D eigenvalue weighted by molar-refractivity contribution is -0.297. The largest absolute Gasteiger partial charge is 0.455 e. The highest BCUT2D eigenvalue weighted by Gasteiger charge is 2.60. The molecule has 5 unspecified atom stereocenters. The van der Waals surface area contributed by atoms with Crippen LogP contribution in [0.15, 0.2) is 5.11 Å². The third-order valence-corrected chi connectivity index (χ3v) is 11.0. The number of halogens is 2. The molecule has 0 aliphatic carbocycles. The maximum absolute atomic E-state index is 16.9. The van der Waals surface area contributed by atoms with Gasteiger partial charge in [-0.15, -0.1) is 0 Å². The van der Waals surface area contributed by atoms with Crippen LogP contribution in [0.25, 0.3) is 10.4 Å². The molecular formula is C35H60F2N6O9. The number of cyclic esters (lactones) is 1. The Morgan fingerprint density at radius 1 is 1.13 bits per heavy atom. The van der Waals surface area contributed by atoms with E-state index in [-0.39, 0.29) is 44.6 Å². The fraction of sp³-hybridized carbons (Fsp3) is 0.914. The van der Waals surface area contributed by atoms with Crippen molar-refractivity contribution in [3.8, 4) is 0 Å². The Bertz CT molecular complexity index is 1320. The van der Waals surface area contributed by atoms with E-state index >= 15 is 8.78 Å². The first kappa shape index (κ1) is 43.7. The van der Waals surface area contributed by atoms with Gasteiger partial charge in [0.25, 0.3) is 5.67 Å². The number of likely N-dealkylation sites (N-methyl/N-ethyl adjacent to an activating group) is 1. The van der Waals surface area contributed by atoms with Crippen molar-refractivity contribution in [2.75, 3.05) is 40.8 Å². The van der Waals surface area contributed by atoms with Crippen LogP contribution in [0.3, 0.4) is 0 Å². The summed E-state index contributed by atoms with van der Waals surface area (Å²) in [6.45, 7) is 12.0. The molecule has 2 N–H and O–H groups in total. The average molecular weight is 747 g/mol. The van der Waals surface area contributed by atoms with Crippen molar-refractivity contribution in [3.05, 3.63) is 10.4 Å². The predicted octanol–water partition coefficient (Wildman–Crippen LogP) is 4.24. The number of esters is 1. The molecule has 17 heteroatoms. The Morgan fingerprint density at radius 3 is 2.37 bits per heavy atom. The molecule has 3 heterocycles. The van der Waals surface area contributed by atoms with Gasteiger partial charge in [0.1, 0.15) is 17.9 Å². The van der Waals surface area contributed by atoms with E-state index in [4.69, 9.17) is 29.2 Å². The second kappa shape index (κ2) is 17.2. The Hall–Kier alpha value is -2.66. The first-order valence-electron chi connectivity index (χ1n) is 18.2. The van der Waals surface area contributed by atoms with Crippen molar-refractivity contribution in [3.63, 3.8) is 0 Å². The van der Waals surface area contributed by atoms with Crippen molar-refractivity contribution in [1.29, 1.82) is 0 Å². The molecular weight excluding hydrogens is 686 g/mol. The van der Waals surface area contributed by atoms with E-state index in [2.05, 4.69) is 15.3 Å². The normalized spacial score (nSPS) is 42.5. The number of nitrogens with one attached hydrogen (secondary N) is 1. The number of hydrogen-bond donors (Lipinski definition) is 2. The number of hydrogen-bond acceptors (Lipinski definition) is 12. The van der Waals surface area contributed by atoms with E-state index in [1.807, 2.05) is 4.90 Å². The van der Waals surface area contributed by atoms with Crippen LogP contribution in [0.2, 0.25) is 0 Å². The molecule has 0 aromatic rings. The molecule has 3 fully saturated rings. The number of carbonyl (C=O) groups excluding carboxylic acids is 3. The van der Waals surface area contributed by atoms with Crippen molar-refractivity contribution in [2.24, 2.45) is 11.0 Å². The number of alkyl halides is 2. The molecule has 1 amide bonds. The molecule has 3 aliphatic heterocycles. The van der Waals surface area contributed by atoms with Gasteiger partial charge in [0, 0.05) is 56.1 Å². The third kappa shape index (κ3) is 9.34. The van der Waals surface area contributed by atoms with E-state index < -0.39 is 83.0 Å². The lowest BCUT2D eigenvalue weighted by atomic mass is 9.77. The van der Waals surface area contributed by atoms with Gasteiger partial charge in [-0.1, -0.05) is 19.0 Å². The van der Waals surface area contributed by atoms with Crippen LogP contribution in [0, 0.1) is 5.92 Å². The predicted molar refractivity (Wildman–Crippen MR) is 187 cm³/mol. The Morgan fingerprint density at radius 2 is 1.79 bits per heavy atom. The summed E-state index contributed by atoms with van der Waals surface area (Å²) < 4.78 is 63.6. The highest BCUT2D eigenvalue weighted by molar-refractivity contribution is 6.07. The van der Waals surface area contributed by atoms with Crippen molar-refractivity contribution >= 4 is 17.8 Å². The molecule has 0 bridgehead atoms. The number of aliphatic hydroxyl groups excluding tert-OH is 1. The summed E-state index contributed by atoms with van der Waals surface area (Å²) in [7, 11) is 4.91. The number of Topliss-reactive ketones (excluding diaryl/α,β-unsaturated/α-hetero) is 1. The van der Waals surface area contributed by atoms with E-state index in [0.717, 1.165) is 6.92 Å². The van der Waals surface area contributed by atoms with Crippen molar-refractivity contribution < 1.29 is 52.0 Å². The molecule has 3 saturated heterocycles. The van der Waals surface area contributed by atoms with Crippen LogP contribution >= 0.6 is 0 Å². The number of ketones is 1. The fourth-order valence-electron chi connectivity index (χ4n) is 8.16. The molecule has 0 aromatic heterocycles. The van der Waals surface area contributed by atoms with Crippen LogP contribution in [0.1, 0.15) is 87.5 Å². The van der Waals surface area contributed by atoms with Crippen molar-refractivity contribution in [1.82, 2.24) is 15.1 Å². The van der Waals surface area contributed by atoms with Crippen molar-refractivity contribution in [2.45, 2.75) is 159 Å². The summed E-state index contributed by atoms with van der Waals surface area (Å²) in [5, 5.41) is 18.1. The summed E-state index contributed by atoms with van der Waals surface area (Å²) in [4.78, 5) is 47.4. The van der Waals surface area contributed by atoms with Gasteiger partial charge >= 0.3 is 12.1 Å².